The summed E-state index contributed by atoms with van der Waals surface area (Å²) in [5.41, 5.74) is 5.04. The van der Waals surface area contributed by atoms with Gasteiger partial charge in [-0.25, -0.2) is 0 Å². The zero-order chi connectivity index (χ0) is 15.5. The molecule has 0 aliphatic heterocycles. The van der Waals surface area contributed by atoms with Crippen molar-refractivity contribution in [2.45, 2.75) is 79.1 Å². The summed E-state index contributed by atoms with van der Waals surface area (Å²) in [6.07, 6.45) is 9.78. The molecule has 2 atom stereocenters. The van der Waals surface area contributed by atoms with Gasteiger partial charge in [0.25, 0.3) is 0 Å². The number of carbonyl (C=O) groups is 2. The van der Waals surface area contributed by atoms with Crippen molar-refractivity contribution in [2.75, 3.05) is 0 Å². The van der Waals surface area contributed by atoms with Gasteiger partial charge in [0.15, 0.2) is 0 Å². The van der Waals surface area contributed by atoms with Crippen molar-refractivity contribution in [3.63, 3.8) is 0 Å². The minimum Gasteiger partial charge on any atom is -0.369 e. The molecule has 20 heavy (non-hydrogen) atoms. The van der Waals surface area contributed by atoms with Crippen LogP contribution >= 0.6 is 0 Å². The summed E-state index contributed by atoms with van der Waals surface area (Å²) in [6, 6.07) is 0. The monoisotopic (exact) mass is 283 g/mol. The highest BCUT2D eigenvalue weighted by molar-refractivity contribution is 5.78. The van der Waals surface area contributed by atoms with Crippen molar-refractivity contribution in [3.05, 3.63) is 0 Å². The average Bonchev–Trinajstić information content (AvgIpc) is 2.45. The van der Waals surface area contributed by atoms with Crippen molar-refractivity contribution in [1.29, 1.82) is 0 Å². The second kappa shape index (κ2) is 10.9. The highest BCUT2D eigenvalue weighted by Gasteiger charge is 2.22. The predicted octanol–water partition coefficient (Wildman–Crippen LogP) is 4.09. The van der Waals surface area contributed by atoms with Gasteiger partial charge in [-0.3, -0.25) is 9.59 Å². The van der Waals surface area contributed by atoms with Crippen molar-refractivity contribution < 1.29 is 9.59 Å². The van der Waals surface area contributed by atoms with Gasteiger partial charge >= 0.3 is 0 Å². The molecule has 3 heteroatoms. The standard InChI is InChI=1S/C10H18O.C7H15NO/c1-8(9(2)11)10-6-4-3-5-7-10;1-3-4-5-6(2)7(8)9/h8,10H,3-7H2,1-2H3;6H,3-5H2,1-2H3,(H2,8,9). The van der Waals surface area contributed by atoms with Crippen LogP contribution in [0, 0.1) is 17.8 Å². The molecule has 118 valence electrons. The van der Waals surface area contributed by atoms with Crippen LogP contribution in [0.5, 0.6) is 0 Å². The summed E-state index contributed by atoms with van der Waals surface area (Å²) >= 11 is 0. The Bertz CT molecular complexity index is 283. The van der Waals surface area contributed by atoms with Crippen LogP contribution in [0.4, 0.5) is 0 Å². The molecule has 1 aliphatic carbocycles. The maximum Gasteiger partial charge on any atom is 0.220 e. The first-order valence-corrected chi connectivity index (χ1v) is 8.19. The number of ketones is 1. The molecule has 0 aromatic heterocycles. The van der Waals surface area contributed by atoms with Gasteiger partial charge in [0.2, 0.25) is 5.91 Å². The first-order chi connectivity index (χ1) is 9.40. The minimum atomic E-state index is -0.177. The van der Waals surface area contributed by atoms with E-state index in [4.69, 9.17) is 5.73 Å². The van der Waals surface area contributed by atoms with Crippen LogP contribution in [0.2, 0.25) is 0 Å². The summed E-state index contributed by atoms with van der Waals surface area (Å²) in [7, 11) is 0. The van der Waals surface area contributed by atoms with Crippen molar-refractivity contribution in [3.8, 4) is 0 Å². The minimum absolute atomic E-state index is 0.0601. The lowest BCUT2D eigenvalue weighted by molar-refractivity contribution is -0.122. The number of carbonyl (C=O) groups excluding carboxylic acids is 2. The Labute approximate surface area is 124 Å². The molecule has 0 radical (unpaired) electrons. The number of unbranched alkanes of at least 4 members (excludes halogenated alkanes) is 1. The molecule has 1 fully saturated rings. The maximum absolute atomic E-state index is 11.0. The second-order valence-electron chi connectivity index (χ2n) is 6.24. The second-order valence-corrected chi connectivity index (χ2v) is 6.24. The van der Waals surface area contributed by atoms with E-state index in [9.17, 15) is 9.59 Å². The lowest BCUT2D eigenvalue weighted by atomic mass is 9.79. The van der Waals surface area contributed by atoms with E-state index in [-0.39, 0.29) is 11.8 Å². The third-order valence-electron chi connectivity index (χ3n) is 4.47. The fraction of sp³-hybridized carbons (Fsp3) is 0.882. The van der Waals surface area contributed by atoms with Gasteiger partial charge in [0.05, 0.1) is 0 Å². The van der Waals surface area contributed by atoms with E-state index in [1.807, 2.05) is 6.92 Å². The van der Waals surface area contributed by atoms with Crippen LogP contribution < -0.4 is 5.73 Å². The topological polar surface area (TPSA) is 60.2 Å². The average molecular weight is 283 g/mol. The summed E-state index contributed by atoms with van der Waals surface area (Å²) in [5, 5.41) is 0. The lowest BCUT2D eigenvalue weighted by Gasteiger charge is -2.25. The van der Waals surface area contributed by atoms with Crippen LogP contribution in [0.25, 0.3) is 0 Å². The van der Waals surface area contributed by atoms with Gasteiger partial charge < -0.3 is 5.73 Å². The predicted molar refractivity (Wildman–Crippen MR) is 84.3 cm³/mol. The number of primary amides is 1. The molecule has 3 nitrogen and oxygen atoms in total. The molecular formula is C17H33NO2. The third-order valence-corrected chi connectivity index (χ3v) is 4.47. The van der Waals surface area contributed by atoms with Gasteiger partial charge in [0, 0.05) is 11.8 Å². The molecule has 0 saturated heterocycles. The fourth-order valence-corrected chi connectivity index (χ4v) is 2.62. The SMILES string of the molecule is CC(=O)C(C)C1CCCCC1.CCCCC(C)C(N)=O. The molecule has 0 heterocycles. The maximum atomic E-state index is 11.0. The van der Waals surface area contributed by atoms with Crippen molar-refractivity contribution in [2.24, 2.45) is 23.5 Å². The first kappa shape index (κ1) is 19.1. The Morgan fingerprint density at radius 1 is 1.15 bits per heavy atom. The van der Waals surface area contributed by atoms with E-state index in [0.29, 0.717) is 17.6 Å². The number of hydrogen-bond donors (Lipinski definition) is 1. The van der Waals surface area contributed by atoms with Crippen LogP contribution in [0.15, 0.2) is 0 Å². The van der Waals surface area contributed by atoms with Crippen LogP contribution in [-0.4, -0.2) is 11.7 Å². The molecule has 0 bridgehead atoms. The summed E-state index contributed by atoms with van der Waals surface area (Å²) in [4.78, 5) is 21.5. The molecule has 0 aromatic rings. The highest BCUT2D eigenvalue weighted by Crippen LogP contribution is 2.29. The third kappa shape index (κ3) is 8.34. The zero-order valence-corrected chi connectivity index (χ0v) is 13.8. The van der Waals surface area contributed by atoms with Gasteiger partial charge in [-0.15, -0.1) is 0 Å². The normalized spacial score (nSPS) is 18.6. The Hall–Kier alpha value is -0.860. The molecule has 1 amide bonds. The molecule has 1 saturated carbocycles. The van der Waals surface area contributed by atoms with Gasteiger partial charge in [-0.05, 0) is 32.1 Å². The highest BCUT2D eigenvalue weighted by atomic mass is 16.1. The van der Waals surface area contributed by atoms with E-state index in [1.54, 1.807) is 6.92 Å². The number of rotatable bonds is 6. The fourth-order valence-electron chi connectivity index (χ4n) is 2.62. The number of hydrogen-bond acceptors (Lipinski definition) is 2. The number of nitrogens with two attached hydrogens (primary N) is 1. The van der Waals surface area contributed by atoms with Crippen LogP contribution in [-0.2, 0) is 9.59 Å². The number of amides is 1. The van der Waals surface area contributed by atoms with E-state index in [2.05, 4.69) is 13.8 Å². The first-order valence-electron chi connectivity index (χ1n) is 8.19. The van der Waals surface area contributed by atoms with Gasteiger partial charge in [-0.2, -0.15) is 0 Å². The Kier molecular flexibility index (Phi) is 10.4. The van der Waals surface area contributed by atoms with Crippen LogP contribution in [0.1, 0.15) is 79.1 Å². The van der Waals surface area contributed by atoms with E-state index >= 15 is 0 Å². The Morgan fingerprint density at radius 3 is 2.10 bits per heavy atom. The summed E-state index contributed by atoms with van der Waals surface area (Å²) in [6.45, 7) is 7.78. The molecule has 0 aromatic carbocycles. The quantitative estimate of drug-likeness (QED) is 0.798. The van der Waals surface area contributed by atoms with Gasteiger partial charge in [0.1, 0.15) is 5.78 Å². The molecule has 2 N–H and O–H groups in total. The molecule has 1 rings (SSSR count). The lowest BCUT2D eigenvalue weighted by Crippen LogP contribution is -2.20. The zero-order valence-electron chi connectivity index (χ0n) is 13.8. The van der Waals surface area contributed by atoms with Crippen LogP contribution in [0.3, 0.4) is 0 Å². The van der Waals surface area contributed by atoms with Crippen molar-refractivity contribution >= 4 is 11.7 Å². The summed E-state index contributed by atoms with van der Waals surface area (Å²) < 4.78 is 0. The smallest absolute Gasteiger partial charge is 0.220 e. The van der Waals surface area contributed by atoms with Gasteiger partial charge in [-0.1, -0.05) is 52.9 Å². The largest absolute Gasteiger partial charge is 0.369 e. The van der Waals surface area contributed by atoms with Crippen molar-refractivity contribution in [1.82, 2.24) is 0 Å². The molecule has 2 unspecified atom stereocenters. The molecular weight excluding hydrogens is 250 g/mol. The van der Waals surface area contributed by atoms with E-state index in [0.717, 1.165) is 19.3 Å². The summed E-state index contributed by atoms with van der Waals surface area (Å²) in [5.74, 6) is 1.27. The molecule has 0 spiro atoms. The number of Topliss-reactive ketones (excluding diaryl/α,β-unsaturated/α-hetero) is 1. The van der Waals surface area contributed by atoms with E-state index in [1.165, 1.54) is 32.1 Å². The molecule has 1 aliphatic rings. The Balaban J connectivity index is 0.000000370. The Morgan fingerprint density at radius 2 is 1.70 bits per heavy atom. The van der Waals surface area contributed by atoms with E-state index < -0.39 is 0 Å².